The molecule has 2 aromatic rings. The SMILES string of the molecule is CN(C(=O)Nc1cccc(Cl)c1)C(=O)c1cccc2c1C(=O)N(C1CCC(=O)NC1=O)C2. The van der Waals surface area contributed by atoms with Crippen molar-refractivity contribution in [1.82, 2.24) is 15.1 Å². The number of carbonyl (C=O) groups is 5. The van der Waals surface area contributed by atoms with E-state index in [1.54, 1.807) is 36.4 Å². The van der Waals surface area contributed by atoms with E-state index in [4.69, 9.17) is 11.6 Å². The predicted molar refractivity (Wildman–Crippen MR) is 115 cm³/mol. The van der Waals surface area contributed by atoms with E-state index in [2.05, 4.69) is 10.6 Å². The molecule has 0 radical (unpaired) electrons. The third-order valence-electron chi connectivity index (χ3n) is 5.47. The Kier molecular flexibility index (Phi) is 5.67. The minimum atomic E-state index is -0.792. The summed E-state index contributed by atoms with van der Waals surface area (Å²) >= 11 is 5.92. The summed E-state index contributed by atoms with van der Waals surface area (Å²) in [5.74, 6) is -2.06. The molecule has 10 heteroatoms. The zero-order valence-corrected chi connectivity index (χ0v) is 17.8. The predicted octanol–water partition coefficient (Wildman–Crippen LogP) is 2.41. The second-order valence-corrected chi connectivity index (χ2v) is 7.98. The fourth-order valence-corrected chi connectivity index (χ4v) is 4.03. The molecule has 4 rings (SSSR count). The largest absolute Gasteiger partial charge is 0.328 e. The van der Waals surface area contributed by atoms with Crippen LogP contribution in [0, 0.1) is 0 Å². The van der Waals surface area contributed by atoms with Gasteiger partial charge in [-0.25, -0.2) is 4.79 Å². The number of carbonyl (C=O) groups excluding carboxylic acids is 5. The lowest BCUT2D eigenvalue weighted by Gasteiger charge is -2.29. The summed E-state index contributed by atoms with van der Waals surface area (Å²) in [5, 5.41) is 5.25. The van der Waals surface area contributed by atoms with E-state index in [0.29, 0.717) is 16.3 Å². The van der Waals surface area contributed by atoms with Crippen LogP contribution in [-0.4, -0.2) is 52.5 Å². The molecule has 0 spiro atoms. The zero-order valence-electron chi connectivity index (χ0n) is 17.1. The second-order valence-electron chi connectivity index (χ2n) is 7.54. The number of piperidine rings is 1. The van der Waals surface area contributed by atoms with Crippen LogP contribution in [0.25, 0.3) is 0 Å². The standard InChI is InChI=1S/C22H19ClN4O5/c1-26(22(32)24-14-6-3-5-13(23)10-14)20(30)15-7-2-4-12-11-27(21(31)18(12)15)16-8-9-17(28)25-19(16)29/h2-7,10,16H,8-9,11H2,1H3,(H,24,32)(H,25,28,29). The lowest BCUT2D eigenvalue weighted by molar-refractivity contribution is -0.136. The molecule has 2 N–H and O–H groups in total. The minimum absolute atomic E-state index is 0.0611. The number of imide groups is 2. The van der Waals surface area contributed by atoms with Gasteiger partial charge < -0.3 is 10.2 Å². The van der Waals surface area contributed by atoms with Crippen LogP contribution >= 0.6 is 11.6 Å². The summed E-state index contributed by atoms with van der Waals surface area (Å²) in [7, 11) is 1.30. The van der Waals surface area contributed by atoms with Crippen molar-refractivity contribution < 1.29 is 24.0 Å². The Morgan fingerprint density at radius 2 is 1.91 bits per heavy atom. The van der Waals surface area contributed by atoms with Crippen molar-refractivity contribution in [3.63, 3.8) is 0 Å². The number of nitrogens with zero attached hydrogens (tertiary/aromatic N) is 2. The summed E-state index contributed by atoms with van der Waals surface area (Å²) in [5.41, 5.74) is 1.21. The van der Waals surface area contributed by atoms with Crippen molar-refractivity contribution in [2.75, 3.05) is 12.4 Å². The van der Waals surface area contributed by atoms with Gasteiger partial charge in [0.2, 0.25) is 11.8 Å². The summed E-state index contributed by atoms with van der Waals surface area (Å²) in [4.78, 5) is 64.7. The molecule has 1 atom stereocenters. The van der Waals surface area contributed by atoms with Gasteiger partial charge in [0.15, 0.2) is 0 Å². The van der Waals surface area contributed by atoms with Crippen molar-refractivity contribution in [2.45, 2.75) is 25.4 Å². The van der Waals surface area contributed by atoms with Crippen molar-refractivity contribution in [3.05, 3.63) is 64.2 Å². The second kappa shape index (κ2) is 8.43. The number of amides is 6. The van der Waals surface area contributed by atoms with E-state index >= 15 is 0 Å². The summed E-state index contributed by atoms with van der Waals surface area (Å²) in [6.45, 7) is 0.139. The fraction of sp³-hybridized carbons (Fsp3) is 0.227. The highest BCUT2D eigenvalue weighted by Gasteiger charge is 2.41. The summed E-state index contributed by atoms with van der Waals surface area (Å²) < 4.78 is 0. The molecule has 164 valence electrons. The highest BCUT2D eigenvalue weighted by Crippen LogP contribution is 2.30. The molecule has 2 aliphatic heterocycles. The Balaban J connectivity index is 1.55. The van der Waals surface area contributed by atoms with Crippen LogP contribution in [-0.2, 0) is 16.1 Å². The van der Waals surface area contributed by atoms with E-state index in [9.17, 15) is 24.0 Å². The van der Waals surface area contributed by atoms with Crippen LogP contribution in [0.3, 0.4) is 0 Å². The Hall–Kier alpha value is -3.72. The molecule has 9 nitrogen and oxygen atoms in total. The van der Waals surface area contributed by atoms with Crippen molar-refractivity contribution >= 4 is 46.9 Å². The summed E-state index contributed by atoms with van der Waals surface area (Å²) in [6.07, 6.45) is 0.352. The minimum Gasteiger partial charge on any atom is -0.322 e. The molecule has 2 heterocycles. The van der Waals surface area contributed by atoms with Crippen molar-refractivity contribution in [2.24, 2.45) is 0 Å². The third kappa shape index (κ3) is 3.94. The number of hydrogen-bond donors (Lipinski definition) is 2. The first-order valence-electron chi connectivity index (χ1n) is 9.87. The fourth-order valence-electron chi connectivity index (χ4n) is 3.84. The highest BCUT2D eigenvalue weighted by molar-refractivity contribution is 6.31. The van der Waals surface area contributed by atoms with Crippen LogP contribution in [0.4, 0.5) is 10.5 Å². The molecule has 0 bridgehead atoms. The Bertz CT molecular complexity index is 1160. The molecule has 2 aromatic carbocycles. The van der Waals surface area contributed by atoms with Gasteiger partial charge >= 0.3 is 6.03 Å². The van der Waals surface area contributed by atoms with Crippen LogP contribution in [0.2, 0.25) is 5.02 Å². The van der Waals surface area contributed by atoms with E-state index in [-0.39, 0.29) is 36.4 Å². The molecule has 0 saturated carbocycles. The number of rotatable bonds is 3. The van der Waals surface area contributed by atoms with Gasteiger partial charge in [-0.15, -0.1) is 0 Å². The van der Waals surface area contributed by atoms with Crippen molar-refractivity contribution in [1.29, 1.82) is 0 Å². The van der Waals surface area contributed by atoms with Gasteiger partial charge in [0, 0.05) is 30.7 Å². The molecule has 6 amide bonds. The highest BCUT2D eigenvalue weighted by atomic mass is 35.5. The van der Waals surface area contributed by atoms with Gasteiger partial charge in [-0.05, 0) is 36.2 Å². The average Bonchev–Trinajstić information content (AvgIpc) is 3.09. The lowest BCUT2D eigenvalue weighted by Crippen LogP contribution is -2.52. The Morgan fingerprint density at radius 3 is 2.62 bits per heavy atom. The Morgan fingerprint density at radius 1 is 1.16 bits per heavy atom. The molecule has 2 aliphatic rings. The maximum atomic E-state index is 13.1. The van der Waals surface area contributed by atoms with E-state index in [1.165, 1.54) is 18.0 Å². The van der Waals surface area contributed by atoms with Gasteiger partial charge in [-0.3, -0.25) is 29.4 Å². The van der Waals surface area contributed by atoms with Gasteiger partial charge in [0.25, 0.3) is 11.8 Å². The first kappa shape index (κ1) is 21.5. The van der Waals surface area contributed by atoms with E-state index in [1.807, 2.05) is 0 Å². The first-order valence-corrected chi connectivity index (χ1v) is 10.2. The smallest absolute Gasteiger partial charge is 0.322 e. The van der Waals surface area contributed by atoms with Gasteiger partial charge in [0.1, 0.15) is 6.04 Å². The van der Waals surface area contributed by atoms with Gasteiger partial charge in [-0.1, -0.05) is 29.8 Å². The van der Waals surface area contributed by atoms with Crippen LogP contribution in [0.5, 0.6) is 0 Å². The maximum absolute atomic E-state index is 13.1. The third-order valence-corrected chi connectivity index (χ3v) is 5.70. The number of urea groups is 1. The van der Waals surface area contributed by atoms with E-state index < -0.39 is 29.8 Å². The molecule has 1 fully saturated rings. The molecule has 1 saturated heterocycles. The number of nitrogens with one attached hydrogen (secondary N) is 2. The van der Waals surface area contributed by atoms with E-state index in [0.717, 1.165) is 4.90 Å². The van der Waals surface area contributed by atoms with Crippen LogP contribution < -0.4 is 10.6 Å². The summed E-state index contributed by atoms with van der Waals surface area (Å²) in [6, 6.07) is 9.78. The molecule has 0 aromatic heterocycles. The monoisotopic (exact) mass is 454 g/mol. The number of benzene rings is 2. The van der Waals surface area contributed by atoms with Crippen molar-refractivity contribution in [3.8, 4) is 0 Å². The number of hydrogen-bond acceptors (Lipinski definition) is 5. The zero-order chi connectivity index (χ0) is 23.0. The Labute approximate surface area is 188 Å². The lowest BCUT2D eigenvalue weighted by atomic mass is 10.0. The maximum Gasteiger partial charge on any atom is 0.328 e. The topological polar surface area (TPSA) is 116 Å². The normalized spacial score (nSPS) is 17.6. The number of anilines is 1. The number of halogens is 1. The van der Waals surface area contributed by atoms with Crippen LogP contribution in [0.1, 0.15) is 39.1 Å². The molecule has 32 heavy (non-hydrogen) atoms. The van der Waals surface area contributed by atoms with Gasteiger partial charge in [0.05, 0.1) is 11.1 Å². The molecule has 1 unspecified atom stereocenters. The van der Waals surface area contributed by atoms with Crippen LogP contribution in [0.15, 0.2) is 42.5 Å². The average molecular weight is 455 g/mol. The van der Waals surface area contributed by atoms with Gasteiger partial charge in [-0.2, -0.15) is 0 Å². The molecular weight excluding hydrogens is 436 g/mol. The number of fused-ring (bicyclic) bond motifs is 1. The molecule has 0 aliphatic carbocycles. The quantitative estimate of drug-likeness (QED) is 0.691. The first-order chi connectivity index (χ1) is 15.3. The molecular formula is C22H19ClN4O5.